The number of para-hydroxylation sites is 2. The maximum atomic E-state index is 12.2. The first-order chi connectivity index (χ1) is 12.1. The Bertz CT molecular complexity index is 1200. The van der Waals surface area contributed by atoms with Crippen molar-refractivity contribution in [1.82, 2.24) is 9.55 Å². The molecule has 6 heteroatoms. The standard InChI is InChI=1S/C19H13N3O3/c23-17-15(11-13-10-12-6-4-5-9-16(12)20-13)18(24)22(19(25)21-17)14-7-2-1-3-8-14/h1-11,24H,(H,21,23,25)/b13-11+. The summed E-state index contributed by atoms with van der Waals surface area (Å²) in [7, 11) is 0. The highest BCUT2D eigenvalue weighted by molar-refractivity contribution is 5.67. The summed E-state index contributed by atoms with van der Waals surface area (Å²) in [5.74, 6) is -0.424. The number of hydrogen-bond acceptors (Lipinski definition) is 4. The molecular formula is C19H13N3O3. The van der Waals surface area contributed by atoms with Gasteiger partial charge in [0.2, 0.25) is 5.88 Å². The predicted octanol–water partition coefficient (Wildman–Crippen LogP) is 0.686. The van der Waals surface area contributed by atoms with E-state index in [1.54, 1.807) is 30.3 Å². The Morgan fingerprint density at radius 3 is 2.48 bits per heavy atom. The number of H-pyrrole nitrogens is 1. The van der Waals surface area contributed by atoms with Crippen molar-refractivity contribution >= 4 is 12.2 Å². The number of aromatic amines is 1. The number of aromatic hydroxyl groups is 1. The lowest BCUT2D eigenvalue weighted by Gasteiger charge is -2.09. The Hall–Kier alpha value is -3.67. The second kappa shape index (κ2) is 5.76. The van der Waals surface area contributed by atoms with E-state index in [2.05, 4.69) is 9.98 Å². The van der Waals surface area contributed by atoms with Crippen LogP contribution >= 0.6 is 0 Å². The summed E-state index contributed by atoms with van der Waals surface area (Å²) in [5, 5.41) is 12.2. The quantitative estimate of drug-likeness (QED) is 0.724. The summed E-state index contributed by atoms with van der Waals surface area (Å²) in [4.78, 5) is 30.9. The van der Waals surface area contributed by atoms with E-state index in [9.17, 15) is 14.7 Å². The zero-order valence-electron chi connectivity index (χ0n) is 13.0. The van der Waals surface area contributed by atoms with Gasteiger partial charge in [0.05, 0.1) is 16.7 Å². The third-order valence-corrected chi connectivity index (χ3v) is 3.92. The summed E-state index contributed by atoms with van der Waals surface area (Å²) in [6.45, 7) is 0. The fourth-order valence-electron chi connectivity index (χ4n) is 2.75. The second-order valence-electron chi connectivity index (χ2n) is 5.55. The predicted molar refractivity (Wildman–Crippen MR) is 94.0 cm³/mol. The van der Waals surface area contributed by atoms with Crippen LogP contribution in [-0.2, 0) is 0 Å². The lowest BCUT2D eigenvalue weighted by Crippen LogP contribution is -2.30. The molecule has 0 saturated heterocycles. The SMILES string of the molecule is O=c1[nH]c(=O)n(-c2ccccc2)c(O)c1/C=C1\C=c2ccccc2=N1. The van der Waals surface area contributed by atoms with Crippen LogP contribution in [0.15, 0.2) is 74.9 Å². The number of allylic oxidation sites excluding steroid dienone is 1. The van der Waals surface area contributed by atoms with E-state index < -0.39 is 17.1 Å². The van der Waals surface area contributed by atoms with Crippen LogP contribution in [0.3, 0.4) is 0 Å². The van der Waals surface area contributed by atoms with Crippen LogP contribution in [0.2, 0.25) is 0 Å². The Morgan fingerprint density at radius 2 is 1.72 bits per heavy atom. The first-order valence-electron chi connectivity index (χ1n) is 7.64. The molecule has 0 saturated carbocycles. The topological polar surface area (TPSA) is 87.5 Å². The van der Waals surface area contributed by atoms with Gasteiger partial charge in [0.15, 0.2) is 0 Å². The number of nitrogens with zero attached hydrogens (tertiary/aromatic N) is 2. The molecule has 2 heterocycles. The maximum Gasteiger partial charge on any atom is 0.335 e. The molecule has 2 aromatic carbocycles. The summed E-state index contributed by atoms with van der Waals surface area (Å²) in [5.41, 5.74) is -0.406. The molecule has 1 aromatic heterocycles. The molecule has 2 N–H and O–H groups in total. The minimum Gasteiger partial charge on any atom is -0.494 e. The molecular weight excluding hydrogens is 318 g/mol. The number of aromatic nitrogens is 2. The highest BCUT2D eigenvalue weighted by Crippen LogP contribution is 2.19. The molecule has 1 aliphatic rings. The van der Waals surface area contributed by atoms with Crippen LogP contribution in [-0.4, -0.2) is 14.7 Å². The highest BCUT2D eigenvalue weighted by Gasteiger charge is 2.14. The second-order valence-corrected chi connectivity index (χ2v) is 5.55. The van der Waals surface area contributed by atoms with Gasteiger partial charge in [-0.25, -0.2) is 14.4 Å². The third-order valence-electron chi connectivity index (χ3n) is 3.92. The average molecular weight is 331 g/mol. The number of benzene rings is 2. The first kappa shape index (κ1) is 14.9. The van der Waals surface area contributed by atoms with Crippen molar-refractivity contribution in [2.24, 2.45) is 4.99 Å². The Balaban J connectivity index is 1.93. The summed E-state index contributed by atoms with van der Waals surface area (Å²) in [6, 6.07) is 16.1. The van der Waals surface area contributed by atoms with Gasteiger partial charge >= 0.3 is 5.69 Å². The Labute approximate surface area is 141 Å². The zero-order valence-corrected chi connectivity index (χ0v) is 13.0. The molecule has 0 atom stereocenters. The lowest BCUT2D eigenvalue weighted by atomic mass is 10.2. The molecule has 0 aliphatic carbocycles. The van der Waals surface area contributed by atoms with Gasteiger partial charge in [0.1, 0.15) is 5.56 Å². The van der Waals surface area contributed by atoms with E-state index in [4.69, 9.17) is 0 Å². The summed E-state index contributed by atoms with van der Waals surface area (Å²) in [6.07, 6.45) is 3.28. The monoisotopic (exact) mass is 331 g/mol. The largest absolute Gasteiger partial charge is 0.494 e. The molecule has 0 unspecified atom stereocenters. The fourth-order valence-corrected chi connectivity index (χ4v) is 2.75. The first-order valence-corrected chi connectivity index (χ1v) is 7.64. The third kappa shape index (κ3) is 2.59. The van der Waals surface area contributed by atoms with E-state index >= 15 is 0 Å². The lowest BCUT2D eigenvalue weighted by molar-refractivity contribution is 0.429. The molecule has 0 bridgehead atoms. The molecule has 25 heavy (non-hydrogen) atoms. The summed E-state index contributed by atoms with van der Waals surface area (Å²) >= 11 is 0. The highest BCUT2D eigenvalue weighted by atomic mass is 16.3. The van der Waals surface area contributed by atoms with Crippen LogP contribution in [0, 0.1) is 0 Å². The molecule has 0 amide bonds. The minimum absolute atomic E-state index is 0.0220. The smallest absolute Gasteiger partial charge is 0.335 e. The van der Waals surface area contributed by atoms with Crippen molar-refractivity contribution in [2.75, 3.05) is 0 Å². The van der Waals surface area contributed by atoms with E-state index in [-0.39, 0.29) is 5.56 Å². The number of rotatable bonds is 2. The number of nitrogens with one attached hydrogen (secondary N) is 1. The molecule has 3 aromatic rings. The van der Waals surface area contributed by atoms with Crippen molar-refractivity contribution in [3.05, 3.63) is 97.3 Å². The van der Waals surface area contributed by atoms with E-state index in [1.165, 1.54) is 6.08 Å². The minimum atomic E-state index is -0.702. The van der Waals surface area contributed by atoms with Gasteiger partial charge in [-0.1, -0.05) is 36.4 Å². The number of fused-ring (bicyclic) bond motifs is 1. The Morgan fingerprint density at radius 1 is 1.00 bits per heavy atom. The van der Waals surface area contributed by atoms with Gasteiger partial charge in [-0.3, -0.25) is 9.78 Å². The van der Waals surface area contributed by atoms with Gasteiger partial charge in [0.25, 0.3) is 5.56 Å². The van der Waals surface area contributed by atoms with Crippen molar-refractivity contribution in [2.45, 2.75) is 0 Å². The van der Waals surface area contributed by atoms with Gasteiger partial charge in [-0.05, 0) is 30.4 Å². The van der Waals surface area contributed by atoms with Crippen molar-refractivity contribution in [1.29, 1.82) is 0 Å². The van der Waals surface area contributed by atoms with Crippen LogP contribution in [0.25, 0.3) is 17.8 Å². The molecule has 0 fully saturated rings. The van der Waals surface area contributed by atoms with Crippen LogP contribution in [0.4, 0.5) is 0 Å². The number of hydrogen-bond donors (Lipinski definition) is 2. The van der Waals surface area contributed by atoms with E-state index in [0.29, 0.717) is 11.4 Å². The van der Waals surface area contributed by atoms with Crippen molar-refractivity contribution < 1.29 is 5.11 Å². The summed E-state index contributed by atoms with van der Waals surface area (Å²) < 4.78 is 1.05. The van der Waals surface area contributed by atoms with Crippen molar-refractivity contribution in [3.8, 4) is 11.6 Å². The average Bonchev–Trinajstić information content (AvgIpc) is 3.02. The van der Waals surface area contributed by atoms with Gasteiger partial charge in [0, 0.05) is 5.22 Å². The van der Waals surface area contributed by atoms with Crippen molar-refractivity contribution in [3.63, 3.8) is 0 Å². The normalized spacial score (nSPS) is 14.0. The zero-order chi connectivity index (χ0) is 17.4. The maximum absolute atomic E-state index is 12.2. The molecule has 6 nitrogen and oxygen atoms in total. The molecule has 4 rings (SSSR count). The molecule has 1 aliphatic heterocycles. The molecule has 0 spiro atoms. The van der Waals surface area contributed by atoms with Gasteiger partial charge in [-0.15, -0.1) is 0 Å². The van der Waals surface area contributed by atoms with Crippen LogP contribution in [0.5, 0.6) is 5.88 Å². The molecule has 0 radical (unpaired) electrons. The molecule has 122 valence electrons. The van der Waals surface area contributed by atoms with E-state index in [0.717, 1.165) is 15.1 Å². The van der Waals surface area contributed by atoms with E-state index in [1.807, 2.05) is 30.3 Å². The van der Waals surface area contributed by atoms with Crippen LogP contribution < -0.4 is 21.8 Å². The Kier molecular flexibility index (Phi) is 3.43. The van der Waals surface area contributed by atoms with Gasteiger partial charge < -0.3 is 5.11 Å². The fraction of sp³-hybridized carbons (Fsp3) is 0. The van der Waals surface area contributed by atoms with Gasteiger partial charge in [-0.2, -0.15) is 0 Å². The van der Waals surface area contributed by atoms with Crippen LogP contribution in [0.1, 0.15) is 5.56 Å².